The van der Waals surface area contributed by atoms with Gasteiger partial charge in [-0.1, -0.05) is 31.2 Å². The molecular formula is C21H26N2O4. The van der Waals surface area contributed by atoms with Crippen molar-refractivity contribution in [3.05, 3.63) is 42.0 Å². The summed E-state index contributed by atoms with van der Waals surface area (Å²) in [5, 5.41) is 3.00. The molecule has 6 heteroatoms. The van der Waals surface area contributed by atoms with E-state index in [0.29, 0.717) is 12.8 Å². The Kier molecular flexibility index (Phi) is 5.94. The summed E-state index contributed by atoms with van der Waals surface area (Å²) in [6.45, 7) is 2.15. The number of likely N-dealkylation sites (tertiary alicyclic amines) is 1. The van der Waals surface area contributed by atoms with Crippen molar-refractivity contribution in [3.8, 4) is 5.75 Å². The molecular weight excluding hydrogens is 344 g/mol. The van der Waals surface area contributed by atoms with Gasteiger partial charge in [-0.05, 0) is 37.0 Å². The Labute approximate surface area is 159 Å². The van der Waals surface area contributed by atoms with E-state index in [4.69, 9.17) is 4.74 Å². The van der Waals surface area contributed by atoms with Crippen LogP contribution < -0.4 is 10.1 Å². The normalized spacial score (nSPS) is 22.5. The molecule has 3 amide bonds. The van der Waals surface area contributed by atoms with Crippen LogP contribution in [0, 0.1) is 11.8 Å². The van der Waals surface area contributed by atoms with Crippen LogP contribution in [0.4, 0.5) is 0 Å². The third-order valence-corrected chi connectivity index (χ3v) is 5.42. The largest absolute Gasteiger partial charge is 0.497 e. The first-order chi connectivity index (χ1) is 13.0. The number of amides is 3. The Morgan fingerprint density at radius 1 is 1.15 bits per heavy atom. The molecule has 27 heavy (non-hydrogen) atoms. The summed E-state index contributed by atoms with van der Waals surface area (Å²) >= 11 is 0. The molecule has 0 radical (unpaired) electrons. The Bertz CT molecular complexity index is 715. The summed E-state index contributed by atoms with van der Waals surface area (Å²) in [5.74, 6) is -0.150. The van der Waals surface area contributed by atoms with E-state index in [2.05, 4.69) is 5.32 Å². The highest BCUT2D eigenvalue weighted by Gasteiger charge is 2.46. The number of imide groups is 1. The maximum absolute atomic E-state index is 12.5. The summed E-state index contributed by atoms with van der Waals surface area (Å²) in [4.78, 5) is 38.6. The molecule has 144 valence electrons. The number of rotatable bonds is 7. The number of carbonyl (C=O) groups excluding carboxylic acids is 3. The average Bonchev–Trinajstić information content (AvgIpc) is 2.95. The number of nitrogens with one attached hydrogen (secondary N) is 1. The van der Waals surface area contributed by atoms with Crippen LogP contribution in [-0.2, 0) is 14.4 Å². The number of hydrogen-bond donors (Lipinski definition) is 1. The predicted molar refractivity (Wildman–Crippen MR) is 101 cm³/mol. The van der Waals surface area contributed by atoms with Crippen molar-refractivity contribution in [3.63, 3.8) is 0 Å². The average molecular weight is 370 g/mol. The Morgan fingerprint density at radius 2 is 1.74 bits per heavy atom. The number of benzene rings is 1. The molecule has 3 unspecified atom stereocenters. The van der Waals surface area contributed by atoms with Crippen LogP contribution in [-0.4, -0.2) is 36.3 Å². The smallest absolute Gasteiger partial charge is 0.233 e. The molecule has 3 rings (SSSR count). The van der Waals surface area contributed by atoms with E-state index in [1.807, 2.05) is 43.3 Å². The minimum atomic E-state index is -0.242. The highest BCUT2D eigenvalue weighted by Crippen LogP contribution is 2.35. The van der Waals surface area contributed by atoms with Crippen molar-refractivity contribution < 1.29 is 19.1 Å². The van der Waals surface area contributed by atoms with Crippen molar-refractivity contribution >= 4 is 17.7 Å². The Balaban J connectivity index is 1.55. The van der Waals surface area contributed by atoms with Gasteiger partial charge in [0, 0.05) is 13.0 Å². The van der Waals surface area contributed by atoms with Gasteiger partial charge in [-0.2, -0.15) is 0 Å². The number of carbonyl (C=O) groups is 3. The minimum absolute atomic E-state index is 0.111. The van der Waals surface area contributed by atoms with E-state index in [9.17, 15) is 14.4 Å². The lowest BCUT2D eigenvalue weighted by Crippen LogP contribution is -2.36. The monoisotopic (exact) mass is 370 g/mol. The highest BCUT2D eigenvalue weighted by molar-refractivity contribution is 6.05. The van der Waals surface area contributed by atoms with Gasteiger partial charge in [-0.15, -0.1) is 0 Å². The van der Waals surface area contributed by atoms with Crippen molar-refractivity contribution in [1.29, 1.82) is 0 Å². The first-order valence-electron chi connectivity index (χ1n) is 9.48. The standard InChI is InChI=1S/C21H26N2O4/c1-3-18(14-8-10-15(27-2)11-9-14)22-19(24)12-13-23-20(25)16-6-4-5-7-17(16)21(23)26/h4-5,8-11,16-18H,3,6-7,12-13H2,1-2H3,(H,22,24). The fourth-order valence-electron chi connectivity index (χ4n) is 3.83. The second-order valence-electron chi connectivity index (χ2n) is 7.04. The second-order valence-corrected chi connectivity index (χ2v) is 7.04. The zero-order valence-corrected chi connectivity index (χ0v) is 15.8. The third kappa shape index (κ3) is 4.04. The van der Waals surface area contributed by atoms with Gasteiger partial charge in [-0.25, -0.2) is 0 Å². The zero-order valence-electron chi connectivity index (χ0n) is 15.8. The second kappa shape index (κ2) is 8.37. The van der Waals surface area contributed by atoms with Gasteiger partial charge in [0.1, 0.15) is 5.75 Å². The van der Waals surface area contributed by atoms with Crippen LogP contribution in [0.2, 0.25) is 0 Å². The summed E-state index contributed by atoms with van der Waals surface area (Å²) in [7, 11) is 1.61. The molecule has 3 atom stereocenters. The molecule has 1 aromatic rings. The fourth-order valence-corrected chi connectivity index (χ4v) is 3.83. The molecule has 6 nitrogen and oxygen atoms in total. The van der Waals surface area contributed by atoms with E-state index in [1.165, 1.54) is 4.90 Å². The topological polar surface area (TPSA) is 75.7 Å². The molecule has 0 aromatic heterocycles. The zero-order chi connectivity index (χ0) is 19.4. The third-order valence-electron chi connectivity index (χ3n) is 5.42. The van der Waals surface area contributed by atoms with Crippen LogP contribution in [0.25, 0.3) is 0 Å². The minimum Gasteiger partial charge on any atom is -0.497 e. The molecule has 1 aliphatic carbocycles. The van der Waals surface area contributed by atoms with Gasteiger partial charge in [0.05, 0.1) is 25.0 Å². The molecule has 1 saturated heterocycles. The molecule has 1 aromatic carbocycles. The molecule has 0 spiro atoms. The van der Waals surface area contributed by atoms with E-state index in [-0.39, 0.29) is 48.6 Å². The van der Waals surface area contributed by atoms with Crippen LogP contribution in [0.5, 0.6) is 5.75 Å². The lowest BCUT2D eigenvalue weighted by molar-refractivity contribution is -0.140. The van der Waals surface area contributed by atoms with Crippen molar-refractivity contribution in [1.82, 2.24) is 10.2 Å². The molecule has 1 aliphatic heterocycles. The molecule has 0 bridgehead atoms. The predicted octanol–water partition coefficient (Wildman–Crippen LogP) is 2.60. The number of nitrogens with zero attached hydrogens (tertiary/aromatic N) is 1. The van der Waals surface area contributed by atoms with E-state index in [1.54, 1.807) is 7.11 Å². The molecule has 1 heterocycles. The van der Waals surface area contributed by atoms with Crippen LogP contribution in [0.1, 0.15) is 44.2 Å². The van der Waals surface area contributed by atoms with Crippen LogP contribution in [0.15, 0.2) is 36.4 Å². The number of methoxy groups -OCH3 is 1. The summed E-state index contributed by atoms with van der Waals surface area (Å²) in [6.07, 6.45) is 6.03. The first-order valence-corrected chi connectivity index (χ1v) is 9.48. The summed E-state index contributed by atoms with van der Waals surface area (Å²) in [6, 6.07) is 7.47. The lowest BCUT2D eigenvalue weighted by atomic mass is 9.85. The van der Waals surface area contributed by atoms with Crippen LogP contribution >= 0.6 is 0 Å². The summed E-state index contributed by atoms with van der Waals surface area (Å²) < 4.78 is 5.16. The van der Waals surface area contributed by atoms with Crippen molar-refractivity contribution in [2.75, 3.05) is 13.7 Å². The van der Waals surface area contributed by atoms with E-state index < -0.39 is 0 Å². The molecule has 2 aliphatic rings. The van der Waals surface area contributed by atoms with Gasteiger partial charge in [-0.3, -0.25) is 19.3 Å². The van der Waals surface area contributed by atoms with Gasteiger partial charge >= 0.3 is 0 Å². The van der Waals surface area contributed by atoms with E-state index in [0.717, 1.165) is 17.7 Å². The Hall–Kier alpha value is -2.63. The molecule has 1 fully saturated rings. The molecule has 0 saturated carbocycles. The highest BCUT2D eigenvalue weighted by atomic mass is 16.5. The van der Waals surface area contributed by atoms with Gasteiger partial charge in [0.2, 0.25) is 17.7 Å². The van der Waals surface area contributed by atoms with Gasteiger partial charge in [0.15, 0.2) is 0 Å². The summed E-state index contributed by atoms with van der Waals surface area (Å²) in [5.41, 5.74) is 0.997. The SMILES string of the molecule is CCC(NC(=O)CCN1C(=O)C2CC=CCC2C1=O)c1ccc(OC)cc1. The lowest BCUT2D eigenvalue weighted by Gasteiger charge is -2.19. The van der Waals surface area contributed by atoms with Crippen molar-refractivity contribution in [2.45, 2.75) is 38.6 Å². The van der Waals surface area contributed by atoms with Gasteiger partial charge in [0.25, 0.3) is 0 Å². The quantitative estimate of drug-likeness (QED) is 0.591. The maximum Gasteiger partial charge on any atom is 0.233 e. The van der Waals surface area contributed by atoms with Gasteiger partial charge < -0.3 is 10.1 Å². The maximum atomic E-state index is 12.5. The number of fused-ring (bicyclic) bond motifs is 1. The molecule has 1 N–H and O–H groups in total. The first kappa shape index (κ1) is 19.1. The number of allylic oxidation sites excluding steroid dienone is 2. The van der Waals surface area contributed by atoms with Crippen LogP contribution in [0.3, 0.4) is 0 Å². The number of hydrogen-bond acceptors (Lipinski definition) is 4. The Morgan fingerprint density at radius 3 is 2.26 bits per heavy atom. The fraction of sp³-hybridized carbons (Fsp3) is 0.476. The number of ether oxygens (including phenoxy) is 1. The van der Waals surface area contributed by atoms with E-state index >= 15 is 0 Å². The van der Waals surface area contributed by atoms with Crippen molar-refractivity contribution in [2.24, 2.45) is 11.8 Å².